The van der Waals surface area contributed by atoms with E-state index in [2.05, 4.69) is 25.5 Å². The molecule has 2 aromatic rings. The van der Waals surface area contributed by atoms with E-state index in [4.69, 9.17) is 14.2 Å². The summed E-state index contributed by atoms with van der Waals surface area (Å²) in [5.74, 6) is -0.150. The molecule has 5 heterocycles. The van der Waals surface area contributed by atoms with Crippen LogP contribution in [0.15, 0.2) is 18.3 Å². The van der Waals surface area contributed by atoms with Crippen molar-refractivity contribution in [2.45, 2.75) is 76.5 Å². The molecule has 3 saturated heterocycles. The first-order chi connectivity index (χ1) is 22.8. The van der Waals surface area contributed by atoms with Gasteiger partial charge in [0.25, 0.3) is 11.8 Å². The van der Waals surface area contributed by atoms with Crippen molar-refractivity contribution < 1.29 is 37.8 Å². The van der Waals surface area contributed by atoms with Crippen LogP contribution in [0.4, 0.5) is 31.3 Å². The zero-order valence-corrected chi connectivity index (χ0v) is 27.3. The lowest BCUT2D eigenvalue weighted by Gasteiger charge is -2.38. The number of rotatable bonds is 5. The van der Waals surface area contributed by atoms with E-state index >= 15 is 4.39 Å². The van der Waals surface area contributed by atoms with Gasteiger partial charge in [0, 0.05) is 44.7 Å². The molecule has 2 N–H and O–H groups in total. The number of likely N-dealkylation sites (tertiary alicyclic amines) is 2. The van der Waals surface area contributed by atoms with Crippen LogP contribution in [-0.4, -0.2) is 100 Å². The summed E-state index contributed by atoms with van der Waals surface area (Å²) in [6.07, 6.45) is 4.19. The molecule has 14 nitrogen and oxygen atoms in total. The summed E-state index contributed by atoms with van der Waals surface area (Å²) < 4.78 is 31.9. The summed E-state index contributed by atoms with van der Waals surface area (Å²) >= 11 is 0. The summed E-state index contributed by atoms with van der Waals surface area (Å²) in [6.45, 7) is 8.18. The Bertz CT molecular complexity index is 1660. The Morgan fingerprint density at radius 3 is 2.73 bits per heavy atom. The maximum atomic E-state index is 15.3. The standard InChI is InChI=1S/C33H40FN7O7/c1-32(2,3)47-30(44)40-8-4-5-24(40)28(43)36-21-13-20-11-19(12-22(20)23(34)14-21)16-39-9-6-33(7-10-39)18-41(31(45)48-33)25-15-35-29-27(37-25)38-26(42)17-46-29/h13-15,19,24H,4-12,16-18H2,1-3H3,(H,36,43)(H,37,38,42). The fourth-order valence-electron chi connectivity index (χ4n) is 7.34. The number of halogens is 1. The predicted octanol–water partition coefficient (Wildman–Crippen LogP) is 3.49. The number of aromatic nitrogens is 2. The highest BCUT2D eigenvalue weighted by Gasteiger charge is 2.48. The van der Waals surface area contributed by atoms with Crippen LogP contribution >= 0.6 is 0 Å². The molecule has 4 amide bonds. The van der Waals surface area contributed by atoms with Crippen LogP contribution < -0.4 is 20.3 Å². The maximum Gasteiger partial charge on any atom is 0.416 e. The molecule has 1 spiro atoms. The van der Waals surface area contributed by atoms with Crippen LogP contribution in [0.1, 0.15) is 57.6 Å². The number of benzene rings is 1. The number of nitrogens with zero attached hydrogens (tertiary/aromatic N) is 5. The van der Waals surface area contributed by atoms with E-state index in [9.17, 15) is 19.2 Å². The van der Waals surface area contributed by atoms with Crippen molar-refractivity contribution in [1.82, 2.24) is 19.8 Å². The average Bonchev–Trinajstić information content (AvgIpc) is 3.75. The lowest BCUT2D eigenvalue weighted by molar-refractivity contribution is -0.120. The van der Waals surface area contributed by atoms with Gasteiger partial charge in [-0.15, -0.1) is 0 Å². The van der Waals surface area contributed by atoms with E-state index in [0.29, 0.717) is 76.0 Å². The smallest absolute Gasteiger partial charge is 0.416 e. The van der Waals surface area contributed by atoms with Crippen LogP contribution in [0, 0.1) is 11.7 Å². The monoisotopic (exact) mass is 665 g/mol. The van der Waals surface area contributed by atoms with Crippen LogP contribution in [0.25, 0.3) is 0 Å². The third-order valence-corrected chi connectivity index (χ3v) is 9.59. The second kappa shape index (κ2) is 12.2. The average molecular weight is 666 g/mol. The highest BCUT2D eigenvalue weighted by molar-refractivity contribution is 5.97. The van der Waals surface area contributed by atoms with Crippen LogP contribution in [-0.2, 0) is 31.9 Å². The zero-order chi connectivity index (χ0) is 33.8. The van der Waals surface area contributed by atoms with Crippen molar-refractivity contribution in [1.29, 1.82) is 0 Å². The van der Waals surface area contributed by atoms with Gasteiger partial charge in [-0.2, -0.15) is 0 Å². The van der Waals surface area contributed by atoms with Crippen molar-refractivity contribution >= 4 is 41.3 Å². The third kappa shape index (κ3) is 6.47. The minimum atomic E-state index is -0.670. The first kappa shape index (κ1) is 32.0. The molecule has 0 radical (unpaired) electrons. The van der Waals surface area contributed by atoms with Gasteiger partial charge in [-0.25, -0.2) is 23.9 Å². The minimum absolute atomic E-state index is 0.133. The van der Waals surface area contributed by atoms with Crippen molar-refractivity contribution in [3.63, 3.8) is 0 Å². The molecule has 48 heavy (non-hydrogen) atoms. The first-order valence-corrected chi connectivity index (χ1v) is 16.5. The first-order valence-electron chi connectivity index (χ1n) is 16.5. The molecule has 256 valence electrons. The summed E-state index contributed by atoms with van der Waals surface area (Å²) in [5.41, 5.74) is 0.625. The molecule has 5 aliphatic rings. The maximum absolute atomic E-state index is 15.3. The Morgan fingerprint density at radius 1 is 1.17 bits per heavy atom. The van der Waals surface area contributed by atoms with E-state index in [-0.39, 0.29) is 47.7 Å². The molecule has 1 aliphatic carbocycles. The van der Waals surface area contributed by atoms with Gasteiger partial charge >= 0.3 is 12.2 Å². The summed E-state index contributed by atoms with van der Waals surface area (Å²) in [5, 5.41) is 5.46. The molecule has 1 aromatic heterocycles. The van der Waals surface area contributed by atoms with Crippen molar-refractivity contribution in [3.05, 3.63) is 35.3 Å². The molecular weight excluding hydrogens is 625 g/mol. The number of piperidine rings is 1. The molecule has 0 bridgehead atoms. The Labute approximate surface area is 277 Å². The molecule has 2 unspecified atom stereocenters. The normalized spacial score (nSPS) is 23.3. The highest BCUT2D eigenvalue weighted by atomic mass is 19.1. The van der Waals surface area contributed by atoms with E-state index in [1.807, 2.05) is 6.07 Å². The summed E-state index contributed by atoms with van der Waals surface area (Å²) in [6, 6.07) is 2.55. The SMILES string of the molecule is CC(C)(C)OC(=O)N1CCCC1C(=O)Nc1cc(F)c2c(c1)CC(CN1CCC3(CC1)CN(c1cnc4c(n1)NC(=O)CO4)C(=O)O3)C2. The number of carbonyl (C=O) groups is 4. The van der Waals surface area contributed by atoms with Gasteiger partial charge in [0.15, 0.2) is 18.2 Å². The zero-order valence-electron chi connectivity index (χ0n) is 27.3. The lowest BCUT2D eigenvalue weighted by atomic mass is 9.90. The van der Waals surface area contributed by atoms with E-state index < -0.39 is 29.4 Å². The van der Waals surface area contributed by atoms with E-state index in [1.165, 1.54) is 22.1 Å². The number of carbonyl (C=O) groups excluding carboxylic acids is 4. The molecule has 7 rings (SSSR count). The number of nitrogens with one attached hydrogen (secondary N) is 2. The molecule has 4 aliphatic heterocycles. The molecule has 3 fully saturated rings. The largest absolute Gasteiger partial charge is 0.465 e. The van der Waals surface area contributed by atoms with Gasteiger partial charge in [0.2, 0.25) is 5.91 Å². The third-order valence-electron chi connectivity index (χ3n) is 9.59. The summed E-state index contributed by atoms with van der Waals surface area (Å²) in [7, 11) is 0. The fraction of sp³-hybridized carbons (Fsp3) is 0.576. The number of ether oxygens (including phenoxy) is 3. The quantitative estimate of drug-likeness (QED) is 0.485. The highest BCUT2D eigenvalue weighted by Crippen LogP contribution is 2.38. The molecule has 1 aromatic carbocycles. The van der Waals surface area contributed by atoms with Gasteiger partial charge in [-0.1, -0.05) is 0 Å². The van der Waals surface area contributed by atoms with Crippen LogP contribution in [0.3, 0.4) is 0 Å². The summed E-state index contributed by atoms with van der Waals surface area (Å²) in [4.78, 5) is 64.2. The Kier molecular flexibility index (Phi) is 8.12. The van der Waals surface area contributed by atoms with Crippen molar-refractivity contribution in [3.8, 4) is 5.88 Å². The Hall–Kier alpha value is -4.53. The topological polar surface area (TPSA) is 156 Å². The number of hydrogen-bond donors (Lipinski definition) is 2. The van der Waals surface area contributed by atoms with E-state index in [0.717, 1.165) is 12.1 Å². The van der Waals surface area contributed by atoms with Crippen LogP contribution in [0.5, 0.6) is 5.88 Å². The number of hydrogen-bond acceptors (Lipinski definition) is 10. The van der Waals surface area contributed by atoms with Gasteiger partial charge in [0.1, 0.15) is 23.1 Å². The second-order valence-electron chi connectivity index (χ2n) is 14.3. The molecular formula is C33H40FN7O7. The van der Waals surface area contributed by atoms with Crippen LogP contribution in [0.2, 0.25) is 0 Å². The van der Waals surface area contributed by atoms with Gasteiger partial charge in [0.05, 0.1) is 12.7 Å². The van der Waals surface area contributed by atoms with Crippen molar-refractivity contribution in [2.24, 2.45) is 5.92 Å². The molecule has 15 heteroatoms. The number of fused-ring (bicyclic) bond motifs is 2. The Morgan fingerprint density at radius 2 is 1.96 bits per heavy atom. The number of anilines is 3. The van der Waals surface area contributed by atoms with Gasteiger partial charge in [-0.3, -0.25) is 19.4 Å². The molecule has 2 atom stereocenters. The Balaban J connectivity index is 0.927. The van der Waals surface area contributed by atoms with E-state index in [1.54, 1.807) is 20.8 Å². The predicted molar refractivity (Wildman–Crippen MR) is 170 cm³/mol. The second-order valence-corrected chi connectivity index (χ2v) is 14.3. The van der Waals surface area contributed by atoms with Crippen molar-refractivity contribution in [2.75, 3.05) is 54.9 Å². The number of amides is 4. The van der Waals surface area contributed by atoms with Gasteiger partial charge < -0.3 is 29.7 Å². The van der Waals surface area contributed by atoms with Gasteiger partial charge in [-0.05, 0) is 75.6 Å². The lowest BCUT2D eigenvalue weighted by Crippen LogP contribution is -2.48. The minimum Gasteiger partial charge on any atom is -0.465 e. The molecule has 0 saturated carbocycles. The fourth-order valence-corrected chi connectivity index (χ4v) is 7.34.